The molecule has 0 spiro atoms. The third-order valence-electron chi connectivity index (χ3n) is 5.73. The number of nitrogens with one attached hydrogen (secondary N) is 1. The molecule has 2 aromatic carbocycles. The lowest BCUT2D eigenvalue weighted by Crippen LogP contribution is -2.49. The summed E-state index contributed by atoms with van der Waals surface area (Å²) < 4.78 is 5.37. The smallest absolute Gasteiger partial charge is 0.231 e. The number of benzene rings is 2. The second-order valence-corrected chi connectivity index (χ2v) is 8.84. The number of ether oxygens (including phenoxy) is 1. The topological polar surface area (TPSA) is 75.0 Å². The van der Waals surface area contributed by atoms with E-state index in [2.05, 4.69) is 23.5 Å². The normalized spacial score (nSPS) is 15.2. The molecule has 1 fully saturated rings. The number of fused-ring (bicyclic) bond motifs is 1. The summed E-state index contributed by atoms with van der Waals surface area (Å²) in [6, 6.07) is 20.4. The minimum absolute atomic E-state index is 0.123. The van der Waals surface area contributed by atoms with Crippen molar-refractivity contribution in [3.63, 3.8) is 0 Å². The number of hydrogen-bond acceptors (Lipinski definition) is 5. The fourth-order valence-electron chi connectivity index (χ4n) is 4.10. The molecule has 6 heteroatoms. The average molecular weight is 432 g/mol. The molecule has 1 aromatic heterocycles. The number of thioether (sulfide) groups is 1. The van der Waals surface area contributed by atoms with Crippen LogP contribution in [0.3, 0.4) is 0 Å². The van der Waals surface area contributed by atoms with Gasteiger partial charge in [0.1, 0.15) is 11.3 Å². The van der Waals surface area contributed by atoms with Crippen molar-refractivity contribution < 1.29 is 9.53 Å². The van der Waals surface area contributed by atoms with Gasteiger partial charge in [0.15, 0.2) is 0 Å². The molecule has 0 saturated heterocycles. The van der Waals surface area contributed by atoms with Gasteiger partial charge in [-0.25, -0.2) is 4.98 Å². The second-order valence-electron chi connectivity index (χ2n) is 7.85. The van der Waals surface area contributed by atoms with Crippen LogP contribution in [0, 0.1) is 11.3 Å². The first-order valence-corrected chi connectivity index (χ1v) is 11.5. The summed E-state index contributed by atoms with van der Waals surface area (Å²) in [4.78, 5) is 17.4. The van der Waals surface area contributed by atoms with Crippen LogP contribution in [-0.4, -0.2) is 29.3 Å². The maximum atomic E-state index is 12.6. The fourth-order valence-corrected chi connectivity index (χ4v) is 4.82. The Morgan fingerprint density at radius 1 is 1.16 bits per heavy atom. The first-order chi connectivity index (χ1) is 15.1. The maximum absolute atomic E-state index is 12.6. The van der Waals surface area contributed by atoms with E-state index in [1.807, 2.05) is 42.5 Å². The summed E-state index contributed by atoms with van der Waals surface area (Å²) in [5.74, 6) is 0.842. The van der Waals surface area contributed by atoms with E-state index in [0.29, 0.717) is 0 Å². The summed E-state index contributed by atoms with van der Waals surface area (Å²) in [5, 5.41) is 14.4. The van der Waals surface area contributed by atoms with Gasteiger partial charge < -0.3 is 10.1 Å². The SMILES string of the molecule is COc1ccc2c(-c3ccccc3)cc(SCC(=O)NC3(C#N)CCCCC3)nc2c1. The van der Waals surface area contributed by atoms with E-state index < -0.39 is 5.54 Å². The van der Waals surface area contributed by atoms with Crippen LogP contribution in [-0.2, 0) is 4.79 Å². The van der Waals surface area contributed by atoms with E-state index in [1.165, 1.54) is 11.8 Å². The second kappa shape index (κ2) is 9.40. The first kappa shape index (κ1) is 21.2. The Kier molecular flexibility index (Phi) is 6.43. The van der Waals surface area contributed by atoms with E-state index in [0.717, 1.165) is 64.9 Å². The number of rotatable bonds is 6. The number of aromatic nitrogens is 1. The number of carbonyl (C=O) groups is 1. The molecule has 0 aliphatic heterocycles. The van der Waals surface area contributed by atoms with Crippen molar-refractivity contribution in [2.24, 2.45) is 0 Å². The van der Waals surface area contributed by atoms with Crippen molar-refractivity contribution in [3.05, 3.63) is 54.6 Å². The Morgan fingerprint density at radius 2 is 1.94 bits per heavy atom. The van der Waals surface area contributed by atoms with E-state index in [9.17, 15) is 10.1 Å². The molecule has 31 heavy (non-hydrogen) atoms. The first-order valence-electron chi connectivity index (χ1n) is 10.5. The fraction of sp³-hybridized carbons (Fsp3) is 0.320. The maximum Gasteiger partial charge on any atom is 0.231 e. The van der Waals surface area contributed by atoms with Gasteiger partial charge in [-0.1, -0.05) is 61.4 Å². The summed E-state index contributed by atoms with van der Waals surface area (Å²) in [5.41, 5.74) is 2.27. The van der Waals surface area contributed by atoms with Gasteiger partial charge in [0.05, 0.1) is 29.5 Å². The Hall–Kier alpha value is -3.04. The molecule has 5 nitrogen and oxygen atoms in total. The van der Waals surface area contributed by atoms with Crippen LogP contribution in [0.1, 0.15) is 32.1 Å². The highest BCUT2D eigenvalue weighted by Gasteiger charge is 2.33. The molecule has 1 N–H and O–H groups in total. The largest absolute Gasteiger partial charge is 0.497 e. The van der Waals surface area contributed by atoms with Crippen molar-refractivity contribution in [3.8, 4) is 22.9 Å². The van der Waals surface area contributed by atoms with Gasteiger partial charge in [-0.3, -0.25) is 4.79 Å². The van der Waals surface area contributed by atoms with Crippen molar-refractivity contribution >= 4 is 28.6 Å². The molecule has 0 atom stereocenters. The summed E-state index contributed by atoms with van der Waals surface area (Å²) in [6.45, 7) is 0. The highest BCUT2D eigenvalue weighted by atomic mass is 32.2. The van der Waals surface area contributed by atoms with Crippen LogP contribution in [0.25, 0.3) is 22.0 Å². The monoisotopic (exact) mass is 431 g/mol. The number of amides is 1. The molecular weight excluding hydrogens is 406 g/mol. The minimum Gasteiger partial charge on any atom is -0.497 e. The number of nitriles is 1. The van der Waals surface area contributed by atoms with E-state index in [4.69, 9.17) is 9.72 Å². The minimum atomic E-state index is -0.713. The Labute approximate surface area is 186 Å². The van der Waals surface area contributed by atoms with Gasteiger partial charge >= 0.3 is 0 Å². The van der Waals surface area contributed by atoms with Crippen LogP contribution in [0.5, 0.6) is 5.75 Å². The highest BCUT2D eigenvalue weighted by molar-refractivity contribution is 7.99. The van der Waals surface area contributed by atoms with Gasteiger partial charge in [-0.2, -0.15) is 5.26 Å². The molecular formula is C25H25N3O2S. The molecule has 1 heterocycles. The van der Waals surface area contributed by atoms with Crippen molar-refractivity contribution in [2.45, 2.75) is 42.7 Å². The van der Waals surface area contributed by atoms with Crippen molar-refractivity contribution in [1.82, 2.24) is 10.3 Å². The third-order valence-corrected chi connectivity index (χ3v) is 6.64. The van der Waals surface area contributed by atoms with Crippen LogP contribution < -0.4 is 10.1 Å². The zero-order valence-electron chi connectivity index (χ0n) is 17.6. The Morgan fingerprint density at radius 3 is 2.65 bits per heavy atom. The predicted molar refractivity (Wildman–Crippen MR) is 124 cm³/mol. The van der Waals surface area contributed by atoms with Gasteiger partial charge in [0, 0.05) is 11.5 Å². The van der Waals surface area contributed by atoms with E-state index in [1.54, 1.807) is 7.11 Å². The summed E-state index contributed by atoms with van der Waals surface area (Å²) >= 11 is 1.39. The van der Waals surface area contributed by atoms with Gasteiger partial charge in [0.25, 0.3) is 0 Å². The Bertz CT molecular complexity index is 1120. The summed E-state index contributed by atoms with van der Waals surface area (Å²) in [7, 11) is 1.64. The standard InChI is InChI=1S/C25H25N3O2S/c1-30-19-10-11-20-21(18-8-4-2-5-9-18)15-24(27-22(20)14-19)31-16-23(29)28-25(17-26)12-6-3-7-13-25/h2,4-5,8-11,14-15H,3,6-7,12-13,16H2,1H3,(H,28,29). The number of nitrogens with zero attached hydrogens (tertiary/aromatic N) is 2. The highest BCUT2D eigenvalue weighted by Crippen LogP contribution is 2.33. The molecule has 1 aliphatic rings. The van der Waals surface area contributed by atoms with Crippen LogP contribution in [0.4, 0.5) is 0 Å². The molecule has 4 rings (SSSR count). The summed E-state index contributed by atoms with van der Waals surface area (Å²) in [6.07, 6.45) is 4.55. The van der Waals surface area contributed by atoms with Crippen LogP contribution in [0.2, 0.25) is 0 Å². The zero-order valence-corrected chi connectivity index (χ0v) is 18.4. The molecule has 1 amide bonds. The lowest BCUT2D eigenvalue weighted by atomic mass is 9.83. The van der Waals surface area contributed by atoms with E-state index >= 15 is 0 Å². The molecule has 158 valence electrons. The molecule has 1 aliphatic carbocycles. The molecule has 1 saturated carbocycles. The number of hydrogen-bond donors (Lipinski definition) is 1. The predicted octanol–water partition coefficient (Wildman–Crippen LogP) is 5.35. The quantitative estimate of drug-likeness (QED) is 0.533. The number of methoxy groups -OCH3 is 1. The molecule has 0 unspecified atom stereocenters. The van der Waals surface area contributed by atoms with Gasteiger partial charge in [0.2, 0.25) is 5.91 Å². The number of carbonyl (C=O) groups excluding carboxylic acids is 1. The van der Waals surface area contributed by atoms with Crippen LogP contribution >= 0.6 is 11.8 Å². The molecule has 3 aromatic rings. The number of pyridine rings is 1. The van der Waals surface area contributed by atoms with Gasteiger partial charge in [-0.15, -0.1) is 0 Å². The van der Waals surface area contributed by atoms with Crippen LogP contribution in [0.15, 0.2) is 59.6 Å². The van der Waals surface area contributed by atoms with Gasteiger partial charge in [-0.05, 0) is 42.2 Å². The lowest BCUT2D eigenvalue weighted by Gasteiger charge is -2.31. The molecule has 0 radical (unpaired) electrons. The average Bonchev–Trinajstić information content (AvgIpc) is 2.83. The molecule has 0 bridgehead atoms. The third kappa shape index (κ3) is 4.83. The zero-order chi connectivity index (χ0) is 21.7. The van der Waals surface area contributed by atoms with Crippen molar-refractivity contribution in [1.29, 1.82) is 5.26 Å². The lowest BCUT2D eigenvalue weighted by molar-refractivity contribution is -0.120. The Balaban J connectivity index is 1.58. The van der Waals surface area contributed by atoms with E-state index in [-0.39, 0.29) is 11.7 Å². The van der Waals surface area contributed by atoms with Crippen molar-refractivity contribution in [2.75, 3.05) is 12.9 Å².